The quantitative estimate of drug-likeness (QED) is 0.0631. The molecular formula is C36H70O5. The molecule has 5 heteroatoms. The van der Waals surface area contributed by atoms with E-state index in [9.17, 15) is 14.7 Å². The lowest BCUT2D eigenvalue weighted by Crippen LogP contribution is -2.25. The Hall–Kier alpha value is -1.10. The first-order valence-electron chi connectivity index (χ1n) is 18.0. The second-order valence-electron chi connectivity index (χ2n) is 12.6. The molecule has 1 unspecified atom stereocenters. The maximum Gasteiger partial charge on any atom is 0.305 e. The molecule has 41 heavy (non-hydrogen) atoms. The lowest BCUT2D eigenvalue weighted by Gasteiger charge is -2.12. The van der Waals surface area contributed by atoms with Crippen molar-refractivity contribution in [3.63, 3.8) is 0 Å². The second kappa shape index (κ2) is 31.8. The largest absolute Gasteiger partial charge is 0.463 e. The monoisotopic (exact) mass is 583 g/mol. The molecule has 0 aliphatic heterocycles. The van der Waals surface area contributed by atoms with E-state index in [1.54, 1.807) is 0 Å². The Bertz CT molecular complexity index is 564. The van der Waals surface area contributed by atoms with E-state index in [4.69, 9.17) is 9.47 Å². The summed E-state index contributed by atoms with van der Waals surface area (Å²) in [6.07, 6.45) is 31.6. The van der Waals surface area contributed by atoms with Crippen LogP contribution in [0.2, 0.25) is 0 Å². The summed E-state index contributed by atoms with van der Waals surface area (Å²) in [6.45, 7) is 6.62. The van der Waals surface area contributed by atoms with Crippen LogP contribution in [0.5, 0.6) is 0 Å². The number of carbonyl (C=O) groups is 2. The van der Waals surface area contributed by atoms with Crippen LogP contribution >= 0.6 is 0 Å². The van der Waals surface area contributed by atoms with Crippen LogP contribution in [0.15, 0.2) is 0 Å². The highest BCUT2D eigenvalue weighted by atomic mass is 16.6. The van der Waals surface area contributed by atoms with Gasteiger partial charge in [0.2, 0.25) is 0 Å². The van der Waals surface area contributed by atoms with Crippen molar-refractivity contribution in [1.29, 1.82) is 0 Å². The third kappa shape index (κ3) is 31.7. The third-order valence-electron chi connectivity index (χ3n) is 8.38. The first-order chi connectivity index (χ1) is 20.0. The number of hydrogen-bond acceptors (Lipinski definition) is 5. The van der Waals surface area contributed by atoms with Crippen LogP contribution in [0, 0.1) is 5.92 Å². The van der Waals surface area contributed by atoms with Crippen molar-refractivity contribution in [3.05, 3.63) is 0 Å². The molecule has 0 aliphatic carbocycles. The van der Waals surface area contributed by atoms with Crippen LogP contribution in [0.3, 0.4) is 0 Å². The normalized spacial score (nSPS) is 12.8. The number of carbonyl (C=O) groups excluding carboxylic acids is 2. The zero-order chi connectivity index (χ0) is 30.2. The van der Waals surface area contributed by atoms with Gasteiger partial charge in [-0.25, -0.2) is 0 Å². The maximum atomic E-state index is 11.9. The zero-order valence-corrected chi connectivity index (χ0v) is 27.7. The van der Waals surface area contributed by atoms with E-state index in [2.05, 4.69) is 20.8 Å². The highest BCUT2D eigenvalue weighted by Crippen LogP contribution is 2.16. The Balaban J connectivity index is 3.39. The van der Waals surface area contributed by atoms with Gasteiger partial charge in [0.1, 0.15) is 19.3 Å². The minimum absolute atomic E-state index is 0.109. The van der Waals surface area contributed by atoms with E-state index in [0.717, 1.165) is 38.0 Å². The number of rotatable bonds is 32. The van der Waals surface area contributed by atoms with Gasteiger partial charge in [0.25, 0.3) is 0 Å². The highest BCUT2D eigenvalue weighted by Gasteiger charge is 2.12. The molecule has 0 bridgehead atoms. The summed E-state index contributed by atoms with van der Waals surface area (Å²) in [5.41, 5.74) is 0. The molecule has 0 amide bonds. The summed E-state index contributed by atoms with van der Waals surface area (Å²) in [5, 5.41) is 9.96. The first kappa shape index (κ1) is 39.9. The molecule has 2 atom stereocenters. The fourth-order valence-corrected chi connectivity index (χ4v) is 5.24. The average Bonchev–Trinajstić information content (AvgIpc) is 2.97. The molecule has 0 fully saturated rings. The fraction of sp³-hybridized carbons (Fsp3) is 0.944. The Morgan fingerprint density at radius 1 is 0.512 bits per heavy atom. The van der Waals surface area contributed by atoms with E-state index in [0.29, 0.717) is 12.8 Å². The predicted molar refractivity (Wildman–Crippen MR) is 173 cm³/mol. The number of aliphatic hydroxyl groups excluding tert-OH is 1. The van der Waals surface area contributed by atoms with Gasteiger partial charge in [-0.05, 0) is 18.8 Å². The van der Waals surface area contributed by atoms with Crippen molar-refractivity contribution in [2.75, 3.05) is 13.2 Å². The summed E-state index contributed by atoms with van der Waals surface area (Å²) in [6, 6.07) is 0. The van der Waals surface area contributed by atoms with Crippen molar-refractivity contribution in [2.45, 2.75) is 200 Å². The Morgan fingerprint density at radius 3 is 1.17 bits per heavy atom. The molecular weight excluding hydrogens is 512 g/mol. The second-order valence-corrected chi connectivity index (χ2v) is 12.6. The van der Waals surface area contributed by atoms with Gasteiger partial charge in [0, 0.05) is 12.8 Å². The molecule has 0 aromatic heterocycles. The molecule has 0 rings (SSSR count). The molecule has 0 saturated heterocycles. The molecule has 0 aliphatic rings. The minimum atomic E-state index is -0.955. The molecule has 0 aromatic carbocycles. The number of aliphatic hydroxyl groups is 1. The molecule has 1 N–H and O–H groups in total. The average molecular weight is 583 g/mol. The minimum Gasteiger partial charge on any atom is -0.463 e. The predicted octanol–water partition coefficient (Wildman–Crippen LogP) is 10.6. The SMILES string of the molecule is CCCCCCCCCCCCCCCCCCCC(=O)OC[C@@H](O)COC(=O)CCCCCCCCC(C)CC. The summed E-state index contributed by atoms with van der Waals surface area (Å²) in [5.74, 6) is 0.272. The Labute approximate surface area is 255 Å². The van der Waals surface area contributed by atoms with Crippen molar-refractivity contribution in [1.82, 2.24) is 0 Å². The zero-order valence-electron chi connectivity index (χ0n) is 27.7. The first-order valence-corrected chi connectivity index (χ1v) is 18.0. The lowest BCUT2D eigenvalue weighted by atomic mass is 10.00. The van der Waals surface area contributed by atoms with Crippen LogP contribution in [-0.2, 0) is 19.1 Å². The van der Waals surface area contributed by atoms with E-state index < -0.39 is 6.10 Å². The standard InChI is InChI=1S/C36H70O5/c1-4-6-7-8-9-10-11-12-13-14-15-16-17-18-19-23-26-29-35(38)40-31-34(37)32-41-36(39)30-27-24-21-20-22-25-28-33(3)5-2/h33-34,37H,4-32H2,1-3H3/t33?,34-/m1/s1. The van der Waals surface area contributed by atoms with Gasteiger partial charge in [-0.3, -0.25) is 9.59 Å². The molecule has 0 saturated carbocycles. The molecule has 5 nitrogen and oxygen atoms in total. The van der Waals surface area contributed by atoms with Gasteiger partial charge in [0.05, 0.1) is 0 Å². The summed E-state index contributed by atoms with van der Waals surface area (Å²) in [7, 11) is 0. The Morgan fingerprint density at radius 2 is 0.829 bits per heavy atom. The fourth-order valence-electron chi connectivity index (χ4n) is 5.24. The summed E-state index contributed by atoms with van der Waals surface area (Å²) < 4.78 is 10.3. The smallest absolute Gasteiger partial charge is 0.305 e. The van der Waals surface area contributed by atoms with Gasteiger partial charge in [0.15, 0.2) is 0 Å². The van der Waals surface area contributed by atoms with E-state index in [1.807, 2.05) is 0 Å². The number of ether oxygens (including phenoxy) is 2. The lowest BCUT2D eigenvalue weighted by molar-refractivity contribution is -0.152. The van der Waals surface area contributed by atoms with Crippen molar-refractivity contribution in [3.8, 4) is 0 Å². The van der Waals surface area contributed by atoms with Crippen LogP contribution < -0.4 is 0 Å². The van der Waals surface area contributed by atoms with Gasteiger partial charge < -0.3 is 14.6 Å². The van der Waals surface area contributed by atoms with Crippen molar-refractivity contribution >= 4 is 11.9 Å². The summed E-state index contributed by atoms with van der Waals surface area (Å²) >= 11 is 0. The molecule has 0 radical (unpaired) electrons. The topological polar surface area (TPSA) is 72.8 Å². The van der Waals surface area contributed by atoms with Crippen molar-refractivity contribution < 1.29 is 24.2 Å². The van der Waals surface area contributed by atoms with Gasteiger partial charge in [-0.1, -0.05) is 168 Å². The molecule has 244 valence electrons. The van der Waals surface area contributed by atoms with Crippen LogP contribution in [0.25, 0.3) is 0 Å². The number of unbranched alkanes of at least 4 members (excludes halogenated alkanes) is 21. The van der Waals surface area contributed by atoms with Gasteiger partial charge >= 0.3 is 11.9 Å². The van der Waals surface area contributed by atoms with Gasteiger partial charge in [-0.2, -0.15) is 0 Å². The van der Waals surface area contributed by atoms with E-state index in [-0.39, 0.29) is 25.2 Å². The number of hydrogen-bond donors (Lipinski definition) is 1. The van der Waals surface area contributed by atoms with E-state index >= 15 is 0 Å². The molecule has 0 heterocycles. The molecule has 0 spiro atoms. The maximum absolute atomic E-state index is 11.9. The number of esters is 2. The van der Waals surface area contributed by atoms with Crippen LogP contribution in [0.4, 0.5) is 0 Å². The van der Waals surface area contributed by atoms with Gasteiger partial charge in [-0.15, -0.1) is 0 Å². The Kier molecular flexibility index (Phi) is 31.0. The highest BCUT2D eigenvalue weighted by molar-refractivity contribution is 5.69. The molecule has 0 aromatic rings. The van der Waals surface area contributed by atoms with Crippen LogP contribution in [0.1, 0.15) is 194 Å². The summed E-state index contributed by atoms with van der Waals surface area (Å²) in [4.78, 5) is 23.8. The van der Waals surface area contributed by atoms with Crippen LogP contribution in [-0.4, -0.2) is 36.4 Å². The van der Waals surface area contributed by atoms with Crippen molar-refractivity contribution in [2.24, 2.45) is 5.92 Å². The third-order valence-corrected chi connectivity index (χ3v) is 8.38. The van der Waals surface area contributed by atoms with E-state index in [1.165, 1.54) is 128 Å².